The molecule has 0 aliphatic rings. The third-order valence-electron chi connectivity index (χ3n) is 2.68. The second-order valence-electron chi connectivity index (χ2n) is 4.36. The van der Waals surface area contributed by atoms with E-state index >= 15 is 0 Å². The topological polar surface area (TPSA) is 111 Å². The molecule has 0 spiro atoms. The first kappa shape index (κ1) is 15.8. The van der Waals surface area contributed by atoms with E-state index in [1.807, 2.05) is 0 Å². The summed E-state index contributed by atoms with van der Waals surface area (Å²) in [5.41, 5.74) is 0.731. The van der Waals surface area contributed by atoms with Crippen LogP contribution in [-0.2, 0) is 20.9 Å². The maximum absolute atomic E-state index is 12.4. The summed E-state index contributed by atoms with van der Waals surface area (Å²) in [4.78, 5) is 32.4. The number of nitriles is 1. The molecule has 0 aliphatic heterocycles. The number of hydrogen-bond donors (Lipinski definition) is 0. The zero-order chi connectivity index (χ0) is 16.1. The van der Waals surface area contributed by atoms with Gasteiger partial charge in [-0.15, -0.1) is 16.4 Å². The highest BCUT2D eigenvalue weighted by molar-refractivity contribution is 7.10. The van der Waals surface area contributed by atoms with E-state index in [2.05, 4.69) is 15.1 Å². The Morgan fingerprint density at radius 1 is 1.55 bits per heavy atom. The van der Waals surface area contributed by atoms with Crippen LogP contribution in [0.5, 0.6) is 0 Å². The predicted molar refractivity (Wildman–Crippen MR) is 76.0 cm³/mol. The Labute approximate surface area is 130 Å². The first-order chi connectivity index (χ1) is 10.5. The molecule has 0 aliphatic carbocycles. The van der Waals surface area contributed by atoms with Crippen LogP contribution < -0.4 is 0 Å². The number of thiazole rings is 1. The molecule has 8 nitrogen and oxygen atoms in total. The molecule has 2 heterocycles. The first-order valence-electron chi connectivity index (χ1n) is 6.46. The van der Waals surface area contributed by atoms with Gasteiger partial charge in [0.25, 0.3) is 5.82 Å². The number of aromatic nitrogens is 4. The molecule has 2 aromatic rings. The molecule has 9 heteroatoms. The molecular formula is C13H13N5O3S. The molecule has 22 heavy (non-hydrogen) atoms. The lowest BCUT2D eigenvalue weighted by molar-refractivity contribution is -0.148. The van der Waals surface area contributed by atoms with Gasteiger partial charge in [-0.2, -0.15) is 5.26 Å². The largest absolute Gasteiger partial charge is 0.465 e. The van der Waals surface area contributed by atoms with Gasteiger partial charge in [0.15, 0.2) is 11.7 Å². The van der Waals surface area contributed by atoms with Crippen LogP contribution in [0.25, 0.3) is 0 Å². The Balaban J connectivity index is 2.22. The zero-order valence-electron chi connectivity index (χ0n) is 12.0. The summed E-state index contributed by atoms with van der Waals surface area (Å²) in [5, 5.41) is 14.6. The molecule has 0 radical (unpaired) electrons. The normalized spacial score (nSPS) is 11.7. The summed E-state index contributed by atoms with van der Waals surface area (Å²) < 4.78 is 6.18. The predicted octanol–water partition coefficient (Wildman–Crippen LogP) is 0.831. The summed E-state index contributed by atoms with van der Waals surface area (Å²) in [7, 11) is 0. The zero-order valence-corrected chi connectivity index (χ0v) is 12.8. The lowest BCUT2D eigenvalue weighted by Gasteiger charge is -2.12. The second-order valence-corrected chi connectivity index (χ2v) is 5.25. The highest BCUT2D eigenvalue weighted by atomic mass is 32.1. The van der Waals surface area contributed by atoms with Crippen molar-refractivity contribution in [3.8, 4) is 6.07 Å². The Bertz CT molecular complexity index is 730. The molecule has 1 atom stereocenters. The van der Waals surface area contributed by atoms with Crippen molar-refractivity contribution in [2.24, 2.45) is 0 Å². The van der Waals surface area contributed by atoms with Crippen LogP contribution in [0.3, 0.4) is 0 Å². The second kappa shape index (κ2) is 6.91. The van der Waals surface area contributed by atoms with Gasteiger partial charge in [-0.25, -0.2) is 14.6 Å². The minimum Gasteiger partial charge on any atom is -0.465 e. The minimum atomic E-state index is -1.09. The smallest absolute Gasteiger partial charge is 0.323 e. The van der Waals surface area contributed by atoms with Gasteiger partial charge in [-0.3, -0.25) is 9.59 Å². The highest BCUT2D eigenvalue weighted by Gasteiger charge is 2.32. The van der Waals surface area contributed by atoms with Gasteiger partial charge in [0.2, 0.25) is 0 Å². The quantitative estimate of drug-likeness (QED) is 0.572. The standard InChI is InChI=1S/C13H13N5O3S/c1-3-21-13(20)11(12-16-8(2)6-22-12)9(19)5-18-7-15-10(4-14)17-18/h6-7,11H,3,5H2,1-2H3. The van der Waals surface area contributed by atoms with Crippen LogP contribution >= 0.6 is 11.3 Å². The Morgan fingerprint density at radius 3 is 2.86 bits per heavy atom. The van der Waals surface area contributed by atoms with Gasteiger partial charge in [0, 0.05) is 11.1 Å². The van der Waals surface area contributed by atoms with Crippen molar-refractivity contribution in [2.45, 2.75) is 26.3 Å². The fourth-order valence-electron chi connectivity index (χ4n) is 1.77. The fourth-order valence-corrected chi connectivity index (χ4v) is 2.68. The average Bonchev–Trinajstić information content (AvgIpc) is 3.08. The van der Waals surface area contributed by atoms with Crippen LogP contribution in [0, 0.1) is 18.3 Å². The van der Waals surface area contributed by atoms with Crippen molar-refractivity contribution < 1.29 is 14.3 Å². The molecule has 2 aromatic heterocycles. The van der Waals surface area contributed by atoms with Crippen molar-refractivity contribution in [3.05, 3.63) is 28.2 Å². The lowest BCUT2D eigenvalue weighted by Crippen LogP contribution is -2.27. The lowest BCUT2D eigenvalue weighted by atomic mass is 10.1. The Kier molecular flexibility index (Phi) is 4.95. The van der Waals surface area contributed by atoms with E-state index < -0.39 is 17.7 Å². The maximum Gasteiger partial charge on any atom is 0.323 e. The SMILES string of the molecule is CCOC(=O)C(C(=O)Cn1cnc(C#N)n1)c1nc(C)cs1. The molecular weight excluding hydrogens is 306 g/mol. The van der Waals surface area contributed by atoms with Crippen molar-refractivity contribution in [1.82, 2.24) is 19.7 Å². The van der Waals surface area contributed by atoms with Crippen molar-refractivity contribution in [2.75, 3.05) is 6.61 Å². The van der Waals surface area contributed by atoms with Crippen LogP contribution in [0.15, 0.2) is 11.7 Å². The van der Waals surface area contributed by atoms with E-state index in [9.17, 15) is 9.59 Å². The number of hydrogen-bond acceptors (Lipinski definition) is 8. The Morgan fingerprint density at radius 2 is 2.32 bits per heavy atom. The number of aryl methyl sites for hydroxylation is 1. The van der Waals surface area contributed by atoms with Crippen LogP contribution in [-0.4, -0.2) is 38.1 Å². The number of esters is 1. The maximum atomic E-state index is 12.4. The van der Waals surface area contributed by atoms with E-state index in [0.717, 1.165) is 5.69 Å². The molecule has 0 amide bonds. The molecule has 0 saturated heterocycles. The van der Waals surface area contributed by atoms with E-state index in [4.69, 9.17) is 10.00 Å². The molecule has 0 saturated carbocycles. The van der Waals surface area contributed by atoms with Gasteiger partial charge in [0.05, 0.1) is 6.61 Å². The van der Waals surface area contributed by atoms with E-state index in [0.29, 0.717) is 5.01 Å². The number of rotatable bonds is 6. The summed E-state index contributed by atoms with van der Waals surface area (Å²) >= 11 is 1.23. The average molecular weight is 319 g/mol. The molecule has 1 unspecified atom stereocenters. The van der Waals surface area contributed by atoms with Gasteiger partial charge in [0.1, 0.15) is 23.9 Å². The van der Waals surface area contributed by atoms with Crippen LogP contribution in [0.2, 0.25) is 0 Å². The van der Waals surface area contributed by atoms with E-state index in [1.165, 1.54) is 22.3 Å². The van der Waals surface area contributed by atoms with Gasteiger partial charge >= 0.3 is 5.97 Å². The number of ketones is 1. The number of ether oxygens (including phenoxy) is 1. The monoisotopic (exact) mass is 319 g/mol. The van der Waals surface area contributed by atoms with Crippen molar-refractivity contribution in [1.29, 1.82) is 5.26 Å². The van der Waals surface area contributed by atoms with Crippen molar-refractivity contribution in [3.63, 3.8) is 0 Å². The molecule has 0 aromatic carbocycles. The molecule has 2 rings (SSSR count). The van der Waals surface area contributed by atoms with E-state index in [1.54, 1.807) is 25.3 Å². The molecule has 0 N–H and O–H groups in total. The van der Waals surface area contributed by atoms with E-state index in [-0.39, 0.29) is 19.0 Å². The summed E-state index contributed by atoms with van der Waals surface area (Å²) in [5.74, 6) is -2.18. The molecule has 114 valence electrons. The molecule has 0 fully saturated rings. The third kappa shape index (κ3) is 3.53. The van der Waals surface area contributed by atoms with Gasteiger partial charge < -0.3 is 4.74 Å². The molecule has 0 bridgehead atoms. The van der Waals surface area contributed by atoms with Gasteiger partial charge in [-0.05, 0) is 13.8 Å². The third-order valence-corrected chi connectivity index (χ3v) is 3.71. The number of carbonyl (C=O) groups excluding carboxylic acids is 2. The summed E-state index contributed by atoms with van der Waals surface area (Å²) in [6.45, 7) is 3.44. The summed E-state index contributed by atoms with van der Waals surface area (Å²) in [6, 6.07) is 1.77. The van der Waals surface area contributed by atoms with Crippen LogP contribution in [0.1, 0.15) is 29.4 Å². The highest BCUT2D eigenvalue weighted by Crippen LogP contribution is 2.23. The number of carbonyl (C=O) groups is 2. The number of Topliss-reactive ketones (excluding diaryl/α,β-unsaturated/α-hetero) is 1. The first-order valence-corrected chi connectivity index (χ1v) is 7.34. The van der Waals surface area contributed by atoms with Gasteiger partial charge in [-0.1, -0.05) is 0 Å². The minimum absolute atomic E-state index is 0.0365. The summed E-state index contributed by atoms with van der Waals surface area (Å²) in [6.07, 6.45) is 1.27. The fraction of sp³-hybridized carbons (Fsp3) is 0.385. The van der Waals surface area contributed by atoms with Crippen molar-refractivity contribution >= 4 is 23.1 Å². The van der Waals surface area contributed by atoms with Crippen LogP contribution in [0.4, 0.5) is 0 Å². The number of nitrogens with zero attached hydrogens (tertiary/aromatic N) is 5. The Hall–Kier alpha value is -2.60.